The minimum atomic E-state index is -3.71. The predicted molar refractivity (Wildman–Crippen MR) is 91.3 cm³/mol. The number of amides is 1. The van der Waals surface area contributed by atoms with E-state index in [9.17, 15) is 13.2 Å². The van der Waals surface area contributed by atoms with Crippen LogP contribution in [0.3, 0.4) is 0 Å². The first-order chi connectivity index (χ1) is 10.8. The first-order valence-electron chi connectivity index (χ1n) is 7.52. The second-order valence-electron chi connectivity index (χ2n) is 5.59. The molecule has 1 atom stereocenters. The SMILES string of the molecule is CCC(C)C(=O)N1CCN(S(=O)(=O)c2cccc(Cl)c2Cl)CC1. The molecule has 1 unspecified atom stereocenters. The van der Waals surface area contributed by atoms with Gasteiger partial charge in [0, 0.05) is 32.1 Å². The molecule has 1 aromatic rings. The normalized spacial score (nSPS) is 18.0. The van der Waals surface area contributed by atoms with E-state index in [1.165, 1.54) is 10.4 Å². The fraction of sp³-hybridized carbons (Fsp3) is 0.533. The van der Waals surface area contributed by atoms with Crippen LogP contribution in [0.15, 0.2) is 23.1 Å². The zero-order valence-corrected chi connectivity index (χ0v) is 15.5. The Morgan fingerprint density at radius 1 is 1.22 bits per heavy atom. The smallest absolute Gasteiger partial charge is 0.244 e. The summed E-state index contributed by atoms with van der Waals surface area (Å²) in [7, 11) is -3.71. The molecule has 1 fully saturated rings. The molecule has 0 N–H and O–H groups in total. The van der Waals surface area contributed by atoms with E-state index in [0.717, 1.165) is 6.42 Å². The lowest BCUT2D eigenvalue weighted by Crippen LogP contribution is -2.51. The summed E-state index contributed by atoms with van der Waals surface area (Å²) in [4.78, 5) is 13.9. The topological polar surface area (TPSA) is 57.7 Å². The van der Waals surface area contributed by atoms with Crippen LogP contribution in [-0.4, -0.2) is 49.7 Å². The molecule has 1 aliphatic heterocycles. The zero-order valence-electron chi connectivity index (χ0n) is 13.1. The van der Waals surface area contributed by atoms with Gasteiger partial charge >= 0.3 is 0 Å². The van der Waals surface area contributed by atoms with Crippen LogP contribution in [0.25, 0.3) is 0 Å². The van der Waals surface area contributed by atoms with Crippen LogP contribution in [0.4, 0.5) is 0 Å². The van der Waals surface area contributed by atoms with Crippen molar-refractivity contribution in [1.82, 2.24) is 9.21 Å². The van der Waals surface area contributed by atoms with Gasteiger partial charge in [0.25, 0.3) is 0 Å². The van der Waals surface area contributed by atoms with E-state index in [1.807, 2.05) is 13.8 Å². The molecule has 1 amide bonds. The molecular formula is C15H20Cl2N2O3S. The summed E-state index contributed by atoms with van der Waals surface area (Å²) >= 11 is 11.9. The van der Waals surface area contributed by atoms with Gasteiger partial charge in [-0.3, -0.25) is 4.79 Å². The Morgan fingerprint density at radius 2 is 1.83 bits per heavy atom. The van der Waals surface area contributed by atoms with Crippen molar-refractivity contribution in [1.29, 1.82) is 0 Å². The van der Waals surface area contributed by atoms with Crippen molar-refractivity contribution in [3.05, 3.63) is 28.2 Å². The standard InChI is InChI=1S/C15H20Cl2N2O3S/c1-3-11(2)15(20)18-7-9-19(10-8-18)23(21,22)13-6-4-5-12(16)14(13)17/h4-6,11H,3,7-10H2,1-2H3. The lowest BCUT2D eigenvalue weighted by atomic mass is 10.1. The second-order valence-corrected chi connectivity index (χ2v) is 8.28. The van der Waals surface area contributed by atoms with Gasteiger partial charge in [0.2, 0.25) is 15.9 Å². The Hall–Kier alpha value is -0.820. The van der Waals surface area contributed by atoms with Gasteiger partial charge in [-0.2, -0.15) is 4.31 Å². The molecule has 1 aromatic carbocycles. The number of carbonyl (C=O) groups excluding carboxylic acids is 1. The maximum Gasteiger partial charge on any atom is 0.244 e. The van der Waals surface area contributed by atoms with Gasteiger partial charge < -0.3 is 4.90 Å². The van der Waals surface area contributed by atoms with Crippen LogP contribution in [0.2, 0.25) is 10.0 Å². The third-order valence-electron chi connectivity index (χ3n) is 4.12. The number of hydrogen-bond donors (Lipinski definition) is 0. The van der Waals surface area contributed by atoms with Gasteiger partial charge in [-0.15, -0.1) is 0 Å². The number of rotatable bonds is 4. The summed E-state index contributed by atoms with van der Waals surface area (Å²) in [5.41, 5.74) is 0. The molecule has 0 radical (unpaired) electrons. The largest absolute Gasteiger partial charge is 0.340 e. The number of benzene rings is 1. The molecule has 0 aliphatic carbocycles. The van der Waals surface area contributed by atoms with Gasteiger partial charge in [0.15, 0.2) is 0 Å². The lowest BCUT2D eigenvalue weighted by Gasteiger charge is -2.35. The van der Waals surface area contributed by atoms with Gasteiger partial charge in [-0.25, -0.2) is 8.42 Å². The molecule has 0 saturated carbocycles. The molecule has 1 aliphatic rings. The van der Waals surface area contributed by atoms with Crippen LogP contribution in [-0.2, 0) is 14.8 Å². The average molecular weight is 379 g/mol. The van der Waals surface area contributed by atoms with Gasteiger partial charge in [-0.05, 0) is 18.6 Å². The molecule has 1 saturated heterocycles. The number of carbonyl (C=O) groups is 1. The van der Waals surface area contributed by atoms with E-state index in [2.05, 4.69) is 0 Å². The summed E-state index contributed by atoms with van der Waals surface area (Å²) in [6.07, 6.45) is 0.773. The molecule has 5 nitrogen and oxygen atoms in total. The van der Waals surface area contributed by atoms with E-state index >= 15 is 0 Å². The Labute approximate surface area is 147 Å². The molecule has 8 heteroatoms. The van der Waals surface area contributed by atoms with Crippen molar-refractivity contribution >= 4 is 39.1 Å². The van der Waals surface area contributed by atoms with Crippen molar-refractivity contribution in [2.75, 3.05) is 26.2 Å². The molecule has 2 rings (SSSR count). The third-order valence-corrected chi connectivity index (χ3v) is 6.99. The van der Waals surface area contributed by atoms with Crippen LogP contribution < -0.4 is 0 Å². The summed E-state index contributed by atoms with van der Waals surface area (Å²) in [6, 6.07) is 4.55. The highest BCUT2D eigenvalue weighted by Crippen LogP contribution is 2.31. The summed E-state index contributed by atoms with van der Waals surface area (Å²) < 4.78 is 26.8. The van der Waals surface area contributed by atoms with E-state index in [0.29, 0.717) is 13.1 Å². The highest BCUT2D eigenvalue weighted by Gasteiger charge is 2.32. The highest BCUT2D eigenvalue weighted by atomic mass is 35.5. The monoisotopic (exact) mass is 378 g/mol. The molecule has 0 spiro atoms. The molecular weight excluding hydrogens is 359 g/mol. The predicted octanol–water partition coefficient (Wildman–Crippen LogP) is 2.87. The van der Waals surface area contributed by atoms with E-state index < -0.39 is 10.0 Å². The van der Waals surface area contributed by atoms with Crippen LogP contribution >= 0.6 is 23.2 Å². The van der Waals surface area contributed by atoms with Crippen LogP contribution in [0.1, 0.15) is 20.3 Å². The van der Waals surface area contributed by atoms with E-state index in [4.69, 9.17) is 23.2 Å². The minimum Gasteiger partial charge on any atom is -0.340 e. The molecule has 0 aromatic heterocycles. The van der Waals surface area contributed by atoms with Crippen molar-refractivity contribution in [2.45, 2.75) is 25.2 Å². The summed E-state index contributed by atoms with van der Waals surface area (Å²) in [5.74, 6) is 0.0332. The molecule has 0 bridgehead atoms. The Bertz CT molecular complexity index is 686. The van der Waals surface area contributed by atoms with Crippen molar-refractivity contribution in [3.8, 4) is 0 Å². The van der Waals surface area contributed by atoms with Gasteiger partial charge in [-0.1, -0.05) is 43.1 Å². The molecule has 23 heavy (non-hydrogen) atoms. The van der Waals surface area contributed by atoms with Gasteiger partial charge in [0.05, 0.1) is 10.0 Å². The van der Waals surface area contributed by atoms with Crippen molar-refractivity contribution in [2.24, 2.45) is 5.92 Å². The Kier molecular flexibility index (Phi) is 5.94. The number of sulfonamides is 1. The van der Waals surface area contributed by atoms with Crippen molar-refractivity contribution < 1.29 is 13.2 Å². The maximum absolute atomic E-state index is 12.7. The second kappa shape index (κ2) is 7.38. The molecule has 128 valence electrons. The summed E-state index contributed by atoms with van der Waals surface area (Å²) in [6.45, 7) is 5.14. The first-order valence-corrected chi connectivity index (χ1v) is 9.71. The Balaban J connectivity index is 2.13. The third kappa shape index (κ3) is 3.82. The highest BCUT2D eigenvalue weighted by molar-refractivity contribution is 7.89. The quantitative estimate of drug-likeness (QED) is 0.808. The van der Waals surface area contributed by atoms with Gasteiger partial charge in [0.1, 0.15) is 4.90 Å². The van der Waals surface area contributed by atoms with Crippen LogP contribution in [0, 0.1) is 5.92 Å². The maximum atomic E-state index is 12.7. The van der Waals surface area contributed by atoms with Crippen molar-refractivity contribution in [3.63, 3.8) is 0 Å². The lowest BCUT2D eigenvalue weighted by molar-refractivity contribution is -0.136. The average Bonchev–Trinajstić information content (AvgIpc) is 2.55. The zero-order chi connectivity index (χ0) is 17.2. The van der Waals surface area contributed by atoms with E-state index in [1.54, 1.807) is 17.0 Å². The number of nitrogens with zero attached hydrogens (tertiary/aromatic N) is 2. The first kappa shape index (κ1) is 18.5. The fourth-order valence-electron chi connectivity index (χ4n) is 2.46. The van der Waals surface area contributed by atoms with E-state index in [-0.39, 0.29) is 39.9 Å². The fourth-order valence-corrected chi connectivity index (χ4v) is 4.62. The van der Waals surface area contributed by atoms with Crippen LogP contribution in [0.5, 0.6) is 0 Å². The molecule has 1 heterocycles. The summed E-state index contributed by atoms with van der Waals surface area (Å²) in [5, 5.41) is 0.241. The number of halogens is 2. The number of piperazine rings is 1. The number of hydrogen-bond acceptors (Lipinski definition) is 3. The Morgan fingerprint density at radius 3 is 2.39 bits per heavy atom. The minimum absolute atomic E-state index is 0.00775.